The summed E-state index contributed by atoms with van der Waals surface area (Å²) in [7, 11) is 0. The zero-order chi connectivity index (χ0) is 15.9. The van der Waals surface area contributed by atoms with E-state index in [1.165, 1.54) is 0 Å². The molecule has 0 heterocycles. The molecular weight excluding hydrogens is 276 g/mol. The molecule has 0 aliphatic carbocycles. The first kappa shape index (κ1) is 16.0. The summed E-state index contributed by atoms with van der Waals surface area (Å²) in [5.41, 5.74) is 15.3. The van der Waals surface area contributed by atoms with E-state index < -0.39 is 0 Å². The van der Waals surface area contributed by atoms with Crippen LogP contribution in [-0.4, -0.2) is 13.2 Å². The first-order valence-corrected chi connectivity index (χ1v) is 7.70. The molecule has 0 amide bonds. The monoisotopic (exact) mass is 300 g/mol. The topological polar surface area (TPSA) is 70.5 Å². The van der Waals surface area contributed by atoms with Gasteiger partial charge in [-0.3, -0.25) is 0 Å². The molecule has 0 radical (unpaired) electrons. The molecule has 2 aromatic carbocycles. The van der Waals surface area contributed by atoms with Crippen LogP contribution in [-0.2, 0) is 0 Å². The Balaban J connectivity index is 2.30. The highest BCUT2D eigenvalue weighted by atomic mass is 16.5. The van der Waals surface area contributed by atoms with Gasteiger partial charge in [-0.25, -0.2) is 0 Å². The van der Waals surface area contributed by atoms with E-state index in [1.807, 2.05) is 36.4 Å². The van der Waals surface area contributed by atoms with Gasteiger partial charge in [0.2, 0.25) is 0 Å². The summed E-state index contributed by atoms with van der Waals surface area (Å²) in [4.78, 5) is 0. The summed E-state index contributed by atoms with van der Waals surface area (Å²) in [6.07, 6.45) is 1.89. The number of rotatable bonds is 7. The molecule has 0 aliphatic rings. The second kappa shape index (κ2) is 7.59. The minimum atomic E-state index is 0.648. The third-order valence-electron chi connectivity index (χ3n) is 3.28. The van der Waals surface area contributed by atoms with Crippen molar-refractivity contribution in [3.05, 3.63) is 36.4 Å². The number of anilines is 2. The molecule has 2 aromatic rings. The molecule has 0 spiro atoms. The first-order chi connectivity index (χ1) is 10.7. The van der Waals surface area contributed by atoms with Gasteiger partial charge in [-0.05, 0) is 48.2 Å². The minimum Gasteiger partial charge on any atom is -0.491 e. The van der Waals surface area contributed by atoms with Crippen molar-refractivity contribution in [3.8, 4) is 22.6 Å². The smallest absolute Gasteiger partial charge is 0.142 e. The Hall–Kier alpha value is -2.36. The molecule has 0 saturated carbocycles. The molecule has 118 valence electrons. The lowest BCUT2D eigenvalue weighted by molar-refractivity contribution is 0.318. The Morgan fingerprint density at radius 2 is 1.14 bits per heavy atom. The van der Waals surface area contributed by atoms with Crippen molar-refractivity contribution in [2.45, 2.75) is 26.7 Å². The van der Waals surface area contributed by atoms with E-state index in [4.69, 9.17) is 20.9 Å². The number of hydrogen-bond donors (Lipinski definition) is 2. The quantitative estimate of drug-likeness (QED) is 0.755. The van der Waals surface area contributed by atoms with Gasteiger partial charge in [0.05, 0.1) is 24.6 Å². The largest absolute Gasteiger partial charge is 0.491 e. The lowest BCUT2D eigenvalue weighted by Crippen LogP contribution is -2.00. The van der Waals surface area contributed by atoms with E-state index in [0.717, 1.165) is 24.0 Å². The summed E-state index contributed by atoms with van der Waals surface area (Å²) in [5, 5.41) is 0. The molecule has 4 N–H and O–H groups in total. The molecule has 0 saturated heterocycles. The van der Waals surface area contributed by atoms with Crippen molar-refractivity contribution in [1.82, 2.24) is 0 Å². The number of hydrogen-bond acceptors (Lipinski definition) is 4. The zero-order valence-corrected chi connectivity index (χ0v) is 13.3. The van der Waals surface area contributed by atoms with Crippen molar-refractivity contribution in [1.29, 1.82) is 0 Å². The van der Waals surface area contributed by atoms with Crippen molar-refractivity contribution in [3.63, 3.8) is 0 Å². The molecule has 0 unspecified atom stereocenters. The van der Waals surface area contributed by atoms with Crippen LogP contribution in [0.15, 0.2) is 36.4 Å². The SMILES string of the molecule is CCCOc1cc(-c2ccc(N)c(OCCC)c2)ccc1N. The van der Waals surface area contributed by atoms with Gasteiger partial charge in [0.25, 0.3) is 0 Å². The Morgan fingerprint density at radius 1 is 0.727 bits per heavy atom. The lowest BCUT2D eigenvalue weighted by atomic mass is 10.0. The number of nitrogens with two attached hydrogens (primary N) is 2. The molecule has 22 heavy (non-hydrogen) atoms. The molecule has 2 rings (SSSR count). The van der Waals surface area contributed by atoms with Crippen molar-refractivity contribution in [2.75, 3.05) is 24.7 Å². The van der Waals surface area contributed by atoms with Gasteiger partial charge >= 0.3 is 0 Å². The highest BCUT2D eigenvalue weighted by Crippen LogP contribution is 2.33. The van der Waals surface area contributed by atoms with Crippen molar-refractivity contribution in [2.24, 2.45) is 0 Å². The lowest BCUT2D eigenvalue weighted by Gasteiger charge is -2.12. The molecule has 0 atom stereocenters. The average Bonchev–Trinajstić information content (AvgIpc) is 2.53. The first-order valence-electron chi connectivity index (χ1n) is 7.70. The Kier molecular flexibility index (Phi) is 5.53. The molecule has 0 bridgehead atoms. The third kappa shape index (κ3) is 3.85. The summed E-state index contributed by atoms with van der Waals surface area (Å²) in [6.45, 7) is 5.44. The van der Waals surface area contributed by atoms with E-state index in [1.54, 1.807) is 0 Å². The van der Waals surface area contributed by atoms with Crippen LogP contribution in [0, 0.1) is 0 Å². The fraction of sp³-hybridized carbons (Fsp3) is 0.333. The number of ether oxygens (including phenoxy) is 2. The fourth-order valence-electron chi connectivity index (χ4n) is 2.10. The molecule has 4 heteroatoms. The Bertz CT molecular complexity index is 571. The molecule has 0 aliphatic heterocycles. The van der Waals surface area contributed by atoms with Gasteiger partial charge in [-0.1, -0.05) is 26.0 Å². The maximum atomic E-state index is 5.96. The maximum absolute atomic E-state index is 5.96. The van der Waals surface area contributed by atoms with Crippen molar-refractivity contribution >= 4 is 11.4 Å². The van der Waals surface area contributed by atoms with Gasteiger partial charge in [-0.15, -0.1) is 0 Å². The van der Waals surface area contributed by atoms with Gasteiger partial charge < -0.3 is 20.9 Å². The summed E-state index contributed by atoms with van der Waals surface area (Å²) < 4.78 is 11.4. The van der Waals surface area contributed by atoms with Gasteiger partial charge in [0, 0.05) is 0 Å². The van der Waals surface area contributed by atoms with E-state index in [0.29, 0.717) is 36.1 Å². The third-order valence-corrected chi connectivity index (χ3v) is 3.28. The second-order valence-corrected chi connectivity index (χ2v) is 5.20. The number of nitrogen functional groups attached to an aromatic ring is 2. The van der Waals surface area contributed by atoms with E-state index in [-0.39, 0.29) is 0 Å². The summed E-state index contributed by atoms with van der Waals surface area (Å²) >= 11 is 0. The van der Waals surface area contributed by atoms with Crippen LogP contribution in [0.5, 0.6) is 11.5 Å². The predicted molar refractivity (Wildman–Crippen MR) is 92.3 cm³/mol. The van der Waals surface area contributed by atoms with E-state index in [2.05, 4.69) is 13.8 Å². The summed E-state index contributed by atoms with van der Waals surface area (Å²) in [5.74, 6) is 1.43. The zero-order valence-electron chi connectivity index (χ0n) is 13.3. The van der Waals surface area contributed by atoms with E-state index in [9.17, 15) is 0 Å². The van der Waals surface area contributed by atoms with Crippen molar-refractivity contribution < 1.29 is 9.47 Å². The van der Waals surface area contributed by atoms with E-state index >= 15 is 0 Å². The van der Waals surface area contributed by atoms with Gasteiger partial charge in [0.15, 0.2) is 0 Å². The molecule has 0 fully saturated rings. The Labute approximate surface area is 132 Å². The predicted octanol–water partition coefficient (Wildman–Crippen LogP) is 4.10. The van der Waals surface area contributed by atoms with Crippen LogP contribution in [0.3, 0.4) is 0 Å². The van der Waals surface area contributed by atoms with Crippen LogP contribution in [0.1, 0.15) is 26.7 Å². The normalized spacial score (nSPS) is 10.5. The standard InChI is InChI=1S/C18H24N2O2/c1-3-9-21-17-11-13(5-7-15(17)19)14-6-8-16(20)18(12-14)22-10-4-2/h5-8,11-12H,3-4,9-10,19-20H2,1-2H3. The Morgan fingerprint density at radius 3 is 1.50 bits per heavy atom. The summed E-state index contributed by atoms with van der Waals surface area (Å²) in [6, 6.07) is 11.6. The van der Waals surface area contributed by atoms with Crippen LogP contribution in [0.2, 0.25) is 0 Å². The van der Waals surface area contributed by atoms with Gasteiger partial charge in [0.1, 0.15) is 11.5 Å². The molecule has 0 aromatic heterocycles. The second-order valence-electron chi connectivity index (χ2n) is 5.20. The highest BCUT2D eigenvalue weighted by molar-refractivity contribution is 5.73. The molecule has 4 nitrogen and oxygen atoms in total. The van der Waals surface area contributed by atoms with Crippen LogP contribution >= 0.6 is 0 Å². The minimum absolute atomic E-state index is 0.648. The van der Waals surface area contributed by atoms with Crippen LogP contribution in [0.4, 0.5) is 11.4 Å². The van der Waals surface area contributed by atoms with Gasteiger partial charge in [-0.2, -0.15) is 0 Å². The number of benzene rings is 2. The molecular formula is C18H24N2O2. The highest BCUT2D eigenvalue weighted by Gasteiger charge is 2.07. The van der Waals surface area contributed by atoms with Crippen LogP contribution < -0.4 is 20.9 Å². The maximum Gasteiger partial charge on any atom is 0.142 e. The average molecular weight is 300 g/mol. The fourth-order valence-corrected chi connectivity index (χ4v) is 2.10. The van der Waals surface area contributed by atoms with Crippen LogP contribution in [0.25, 0.3) is 11.1 Å².